The number of esters is 1. The molecule has 4 nitrogen and oxygen atoms in total. The van der Waals surface area contributed by atoms with Crippen LogP contribution in [0, 0.1) is 5.92 Å². The lowest BCUT2D eigenvalue weighted by Crippen LogP contribution is -2.42. The number of rotatable bonds is 8. The van der Waals surface area contributed by atoms with Crippen molar-refractivity contribution in [3.8, 4) is 0 Å². The molecule has 1 aliphatic rings. The summed E-state index contributed by atoms with van der Waals surface area (Å²) < 4.78 is 10.4. The van der Waals surface area contributed by atoms with Crippen LogP contribution in [0.25, 0.3) is 0 Å². The lowest BCUT2D eigenvalue weighted by Gasteiger charge is -2.35. The van der Waals surface area contributed by atoms with E-state index in [0.29, 0.717) is 18.4 Å². The van der Waals surface area contributed by atoms with Crippen LogP contribution in [0.4, 0.5) is 0 Å². The Morgan fingerprint density at radius 3 is 2.79 bits per heavy atom. The maximum atomic E-state index is 11.4. The SMILES string of the molecule is COC(=O)CC1CCCCN1CCOCCC(C)C. The molecule has 0 aromatic rings. The quantitative estimate of drug-likeness (QED) is 0.502. The van der Waals surface area contributed by atoms with Gasteiger partial charge in [-0.05, 0) is 31.7 Å². The number of carbonyl (C=O) groups excluding carboxylic acids is 1. The fourth-order valence-electron chi connectivity index (χ4n) is 2.46. The monoisotopic (exact) mass is 271 g/mol. The zero-order valence-electron chi connectivity index (χ0n) is 12.7. The standard InChI is InChI=1S/C15H29NO3/c1-13(2)7-10-19-11-9-16-8-5-4-6-14(16)12-15(17)18-3/h13-14H,4-12H2,1-3H3. The molecule has 1 saturated heterocycles. The lowest BCUT2D eigenvalue weighted by molar-refractivity contribution is -0.142. The number of methoxy groups -OCH3 is 1. The predicted molar refractivity (Wildman–Crippen MR) is 76.1 cm³/mol. The van der Waals surface area contributed by atoms with Crippen molar-refractivity contribution in [3.63, 3.8) is 0 Å². The van der Waals surface area contributed by atoms with Crippen molar-refractivity contribution in [2.24, 2.45) is 5.92 Å². The molecule has 19 heavy (non-hydrogen) atoms. The Bertz CT molecular complexity index is 256. The van der Waals surface area contributed by atoms with Crippen LogP contribution in [0.15, 0.2) is 0 Å². The average Bonchev–Trinajstić information content (AvgIpc) is 2.39. The molecule has 0 saturated carbocycles. The van der Waals surface area contributed by atoms with Gasteiger partial charge in [-0.3, -0.25) is 9.69 Å². The number of nitrogens with zero attached hydrogens (tertiary/aromatic N) is 1. The second kappa shape index (κ2) is 9.32. The van der Waals surface area contributed by atoms with E-state index >= 15 is 0 Å². The molecule has 0 aromatic heterocycles. The molecule has 1 heterocycles. The van der Waals surface area contributed by atoms with Crippen LogP contribution in [0.5, 0.6) is 0 Å². The van der Waals surface area contributed by atoms with Crippen molar-refractivity contribution >= 4 is 5.97 Å². The van der Waals surface area contributed by atoms with Crippen molar-refractivity contribution in [1.82, 2.24) is 4.90 Å². The van der Waals surface area contributed by atoms with Gasteiger partial charge in [-0.1, -0.05) is 20.3 Å². The van der Waals surface area contributed by atoms with E-state index < -0.39 is 0 Å². The maximum Gasteiger partial charge on any atom is 0.307 e. The third-order valence-corrected chi connectivity index (χ3v) is 3.74. The Morgan fingerprint density at radius 2 is 2.11 bits per heavy atom. The van der Waals surface area contributed by atoms with Crippen molar-refractivity contribution in [1.29, 1.82) is 0 Å². The Hall–Kier alpha value is -0.610. The fourth-order valence-corrected chi connectivity index (χ4v) is 2.46. The highest BCUT2D eigenvalue weighted by atomic mass is 16.5. The van der Waals surface area contributed by atoms with Crippen LogP contribution in [-0.4, -0.2) is 50.3 Å². The zero-order chi connectivity index (χ0) is 14.1. The summed E-state index contributed by atoms with van der Waals surface area (Å²) in [5.74, 6) is 0.597. The molecule has 1 aliphatic heterocycles. The van der Waals surface area contributed by atoms with Gasteiger partial charge >= 0.3 is 5.97 Å². The second-order valence-electron chi connectivity index (χ2n) is 5.76. The third-order valence-electron chi connectivity index (χ3n) is 3.74. The molecule has 1 unspecified atom stereocenters. The molecule has 0 N–H and O–H groups in total. The van der Waals surface area contributed by atoms with Crippen molar-refractivity contribution in [2.75, 3.05) is 33.4 Å². The normalized spacial score (nSPS) is 20.7. The van der Waals surface area contributed by atoms with Gasteiger partial charge in [0.2, 0.25) is 0 Å². The summed E-state index contributed by atoms with van der Waals surface area (Å²) in [6.45, 7) is 8.04. The second-order valence-corrected chi connectivity index (χ2v) is 5.76. The highest BCUT2D eigenvalue weighted by molar-refractivity contribution is 5.69. The molecule has 0 spiro atoms. The molecular weight excluding hydrogens is 242 g/mol. The topological polar surface area (TPSA) is 38.8 Å². The van der Waals surface area contributed by atoms with Crippen molar-refractivity contribution in [2.45, 2.75) is 52.0 Å². The molecule has 0 aromatic carbocycles. The fraction of sp³-hybridized carbons (Fsp3) is 0.933. The number of hydrogen-bond acceptors (Lipinski definition) is 4. The predicted octanol–water partition coefficient (Wildman–Crippen LogP) is 2.47. The Labute approximate surface area is 117 Å². The first-order valence-electron chi connectivity index (χ1n) is 7.52. The summed E-state index contributed by atoms with van der Waals surface area (Å²) in [7, 11) is 1.46. The Morgan fingerprint density at radius 1 is 1.32 bits per heavy atom. The molecule has 4 heteroatoms. The number of hydrogen-bond donors (Lipinski definition) is 0. The molecule has 0 amide bonds. The van der Waals surface area contributed by atoms with E-state index in [9.17, 15) is 4.79 Å². The molecule has 0 aliphatic carbocycles. The van der Waals surface area contributed by atoms with Crippen LogP contribution >= 0.6 is 0 Å². The summed E-state index contributed by atoms with van der Waals surface area (Å²) >= 11 is 0. The number of ether oxygens (including phenoxy) is 2. The van der Waals surface area contributed by atoms with E-state index in [1.807, 2.05) is 0 Å². The summed E-state index contributed by atoms with van der Waals surface area (Å²) in [5, 5.41) is 0. The van der Waals surface area contributed by atoms with E-state index in [1.54, 1.807) is 0 Å². The van der Waals surface area contributed by atoms with Crippen LogP contribution in [0.1, 0.15) is 46.0 Å². The number of likely N-dealkylation sites (tertiary alicyclic amines) is 1. The van der Waals surface area contributed by atoms with Crippen LogP contribution in [0.2, 0.25) is 0 Å². The summed E-state index contributed by atoms with van der Waals surface area (Å²) in [4.78, 5) is 13.8. The van der Waals surface area contributed by atoms with Gasteiger partial charge in [-0.2, -0.15) is 0 Å². The third kappa shape index (κ3) is 6.92. The summed E-state index contributed by atoms with van der Waals surface area (Å²) in [6.07, 6.45) is 5.17. The highest BCUT2D eigenvalue weighted by Gasteiger charge is 2.24. The molecule has 112 valence electrons. The van der Waals surface area contributed by atoms with Gasteiger partial charge in [0.25, 0.3) is 0 Å². The van der Waals surface area contributed by atoms with Crippen molar-refractivity contribution < 1.29 is 14.3 Å². The van der Waals surface area contributed by atoms with Gasteiger partial charge in [-0.25, -0.2) is 0 Å². The maximum absolute atomic E-state index is 11.4. The number of piperidine rings is 1. The molecule has 1 fully saturated rings. The van der Waals surface area contributed by atoms with Crippen molar-refractivity contribution in [3.05, 3.63) is 0 Å². The molecule has 0 bridgehead atoms. The highest BCUT2D eigenvalue weighted by Crippen LogP contribution is 2.19. The van der Waals surface area contributed by atoms with E-state index in [0.717, 1.165) is 39.1 Å². The van der Waals surface area contributed by atoms with Gasteiger partial charge in [-0.15, -0.1) is 0 Å². The lowest BCUT2D eigenvalue weighted by atomic mass is 9.99. The zero-order valence-corrected chi connectivity index (χ0v) is 12.7. The Kier molecular flexibility index (Phi) is 8.07. The van der Waals surface area contributed by atoms with Crippen LogP contribution in [0.3, 0.4) is 0 Å². The minimum atomic E-state index is -0.0994. The van der Waals surface area contributed by atoms with Crippen LogP contribution in [-0.2, 0) is 14.3 Å². The van der Waals surface area contributed by atoms with Gasteiger partial charge < -0.3 is 9.47 Å². The summed E-state index contributed by atoms with van der Waals surface area (Å²) in [6, 6.07) is 0.342. The molecular formula is C15H29NO3. The molecule has 1 atom stereocenters. The van der Waals surface area contributed by atoms with Gasteiger partial charge in [0.05, 0.1) is 20.1 Å². The first kappa shape index (κ1) is 16.4. The smallest absolute Gasteiger partial charge is 0.307 e. The van der Waals surface area contributed by atoms with E-state index in [-0.39, 0.29) is 5.97 Å². The van der Waals surface area contributed by atoms with E-state index in [2.05, 4.69) is 18.7 Å². The van der Waals surface area contributed by atoms with E-state index in [4.69, 9.17) is 9.47 Å². The minimum Gasteiger partial charge on any atom is -0.469 e. The molecule has 0 radical (unpaired) electrons. The number of carbonyl (C=O) groups is 1. The van der Waals surface area contributed by atoms with Gasteiger partial charge in [0.15, 0.2) is 0 Å². The first-order valence-corrected chi connectivity index (χ1v) is 7.52. The Balaban J connectivity index is 2.22. The minimum absolute atomic E-state index is 0.0994. The van der Waals surface area contributed by atoms with Gasteiger partial charge in [0, 0.05) is 19.2 Å². The average molecular weight is 271 g/mol. The van der Waals surface area contributed by atoms with Gasteiger partial charge in [0.1, 0.15) is 0 Å². The molecule has 1 rings (SSSR count). The van der Waals surface area contributed by atoms with Crippen LogP contribution < -0.4 is 0 Å². The summed E-state index contributed by atoms with van der Waals surface area (Å²) in [5.41, 5.74) is 0. The first-order chi connectivity index (χ1) is 9.13. The van der Waals surface area contributed by atoms with E-state index in [1.165, 1.54) is 20.0 Å². The largest absolute Gasteiger partial charge is 0.469 e.